The number of aliphatic hydroxyl groups is 5. The van der Waals surface area contributed by atoms with E-state index in [-0.39, 0.29) is 0 Å². The van der Waals surface area contributed by atoms with Crippen LogP contribution in [0.1, 0.15) is 20.3 Å². The third-order valence-electron chi connectivity index (χ3n) is 2.64. The van der Waals surface area contributed by atoms with Crippen LogP contribution in [0.5, 0.6) is 0 Å². The molecule has 5 N–H and O–H groups in total. The lowest BCUT2D eigenvalue weighted by Crippen LogP contribution is -2.49. The van der Waals surface area contributed by atoms with Crippen molar-refractivity contribution in [1.29, 1.82) is 0 Å². The lowest BCUT2D eigenvalue weighted by atomic mass is 9.93. The van der Waals surface area contributed by atoms with Gasteiger partial charge in [0.15, 0.2) is 5.78 Å². The summed E-state index contributed by atoms with van der Waals surface area (Å²) in [6.45, 7) is 2.58. The van der Waals surface area contributed by atoms with E-state index in [1.165, 1.54) is 0 Å². The number of hydrogen-bond acceptors (Lipinski definition) is 6. The number of Topliss-reactive ketones (excluding diaryl/α,β-unsaturated/α-hetero) is 1. The van der Waals surface area contributed by atoms with Crippen molar-refractivity contribution in [3.05, 3.63) is 0 Å². The minimum atomic E-state index is -1.80. The van der Waals surface area contributed by atoms with Gasteiger partial charge in [0.2, 0.25) is 0 Å². The average Bonchev–Trinajstić information content (AvgIpc) is 2.32. The van der Waals surface area contributed by atoms with Crippen molar-refractivity contribution in [1.82, 2.24) is 0 Å². The molecule has 0 aliphatic carbocycles. The first-order chi connectivity index (χ1) is 7.36. The molecule has 0 aliphatic heterocycles. The maximum absolute atomic E-state index is 11.5. The Morgan fingerprint density at radius 1 is 1.12 bits per heavy atom. The summed E-state index contributed by atoms with van der Waals surface area (Å²) < 4.78 is 0. The predicted molar refractivity (Wildman–Crippen MR) is 55.6 cm³/mol. The Bertz CT molecular complexity index is 219. The van der Waals surface area contributed by atoms with Gasteiger partial charge in [-0.05, 0) is 6.42 Å². The Morgan fingerprint density at radius 2 is 1.62 bits per heavy atom. The van der Waals surface area contributed by atoms with Crippen LogP contribution in [-0.4, -0.2) is 62.3 Å². The van der Waals surface area contributed by atoms with Crippen molar-refractivity contribution in [2.24, 2.45) is 5.92 Å². The first-order valence-corrected chi connectivity index (χ1v) is 5.23. The summed E-state index contributed by atoms with van der Waals surface area (Å²) in [4.78, 5) is 11.5. The van der Waals surface area contributed by atoms with Gasteiger partial charge in [0.25, 0.3) is 0 Å². The van der Waals surface area contributed by atoms with E-state index in [2.05, 4.69) is 0 Å². The molecule has 0 bridgehead atoms. The predicted octanol–water partition coefficient (Wildman–Crippen LogP) is -1.96. The number of carbonyl (C=O) groups excluding carboxylic acids is 1. The van der Waals surface area contributed by atoms with Gasteiger partial charge in [-0.2, -0.15) is 0 Å². The van der Waals surface area contributed by atoms with Crippen molar-refractivity contribution in [3.63, 3.8) is 0 Å². The fourth-order valence-corrected chi connectivity index (χ4v) is 1.18. The molecule has 96 valence electrons. The molecule has 6 nitrogen and oxygen atoms in total. The van der Waals surface area contributed by atoms with Gasteiger partial charge in [-0.3, -0.25) is 4.79 Å². The summed E-state index contributed by atoms with van der Waals surface area (Å²) in [7, 11) is 0. The van der Waals surface area contributed by atoms with Crippen LogP contribution in [0.2, 0.25) is 0 Å². The molecule has 0 radical (unpaired) electrons. The summed E-state index contributed by atoms with van der Waals surface area (Å²) in [6.07, 6.45) is -6.40. The van der Waals surface area contributed by atoms with Crippen molar-refractivity contribution in [2.75, 3.05) is 6.61 Å². The molecule has 0 fully saturated rings. The molecule has 0 heterocycles. The van der Waals surface area contributed by atoms with Gasteiger partial charge in [-0.1, -0.05) is 13.8 Å². The molecule has 0 aromatic carbocycles. The molecule has 0 aromatic heterocycles. The molecule has 0 aliphatic rings. The highest BCUT2D eigenvalue weighted by Crippen LogP contribution is 2.12. The first-order valence-electron chi connectivity index (χ1n) is 5.23. The Balaban J connectivity index is 4.48. The maximum Gasteiger partial charge on any atom is 0.166 e. The molecule has 0 aromatic rings. The van der Waals surface area contributed by atoms with Crippen LogP contribution in [-0.2, 0) is 4.79 Å². The summed E-state index contributed by atoms with van der Waals surface area (Å²) in [5, 5.41) is 45.7. The maximum atomic E-state index is 11.5. The van der Waals surface area contributed by atoms with E-state index in [0.717, 1.165) is 0 Å². The molecule has 0 saturated carbocycles. The molecule has 1 unspecified atom stereocenters. The van der Waals surface area contributed by atoms with E-state index in [1.54, 1.807) is 13.8 Å². The largest absolute Gasteiger partial charge is 0.394 e. The van der Waals surface area contributed by atoms with E-state index in [4.69, 9.17) is 10.2 Å². The second-order valence-corrected chi connectivity index (χ2v) is 3.89. The summed E-state index contributed by atoms with van der Waals surface area (Å²) in [5.74, 6) is -1.04. The lowest BCUT2D eigenvalue weighted by molar-refractivity contribution is -0.150. The average molecular weight is 236 g/mol. The highest BCUT2D eigenvalue weighted by Gasteiger charge is 2.35. The van der Waals surface area contributed by atoms with E-state index in [9.17, 15) is 20.1 Å². The number of rotatable bonds is 7. The second kappa shape index (κ2) is 6.93. The van der Waals surface area contributed by atoms with Gasteiger partial charge in [-0.15, -0.1) is 0 Å². The zero-order valence-corrected chi connectivity index (χ0v) is 9.45. The van der Waals surface area contributed by atoms with Crippen LogP contribution in [0.15, 0.2) is 0 Å². The minimum Gasteiger partial charge on any atom is -0.394 e. The standard InChI is InChI=1S/C10H20O6/c1-3-5(2)7(13)9(15)10(16)8(14)6(12)4-11/h5-6,8-12,14-16H,3-4H2,1-2H3/t5?,6-,8-,9+,10+/m1/s1. The molecule has 0 amide bonds. The summed E-state index contributed by atoms with van der Waals surface area (Å²) >= 11 is 0. The molecule has 16 heavy (non-hydrogen) atoms. The molecule has 5 atom stereocenters. The lowest BCUT2D eigenvalue weighted by Gasteiger charge is -2.26. The zero-order valence-electron chi connectivity index (χ0n) is 9.45. The zero-order chi connectivity index (χ0) is 12.9. The molecular weight excluding hydrogens is 216 g/mol. The topological polar surface area (TPSA) is 118 Å². The number of aliphatic hydroxyl groups excluding tert-OH is 5. The van der Waals surface area contributed by atoms with Crippen LogP contribution < -0.4 is 0 Å². The summed E-state index contributed by atoms with van der Waals surface area (Å²) in [5.41, 5.74) is 0. The van der Waals surface area contributed by atoms with Crippen molar-refractivity contribution >= 4 is 5.78 Å². The SMILES string of the molecule is CCC(C)C(=O)[C@H](O)[C@@H](O)[C@H](O)[C@H](O)CO. The van der Waals surface area contributed by atoms with Gasteiger partial charge in [0.05, 0.1) is 6.61 Å². The Morgan fingerprint density at radius 3 is 2.00 bits per heavy atom. The minimum absolute atomic E-state index is 0.442. The highest BCUT2D eigenvalue weighted by atomic mass is 16.4. The molecule has 6 heteroatoms. The number of ketones is 1. The van der Waals surface area contributed by atoms with Crippen molar-refractivity contribution in [2.45, 2.75) is 44.7 Å². The highest BCUT2D eigenvalue weighted by molar-refractivity contribution is 5.85. The normalized spacial score (nSPS) is 20.9. The third-order valence-corrected chi connectivity index (χ3v) is 2.64. The van der Waals surface area contributed by atoms with Crippen LogP contribution in [0.3, 0.4) is 0 Å². The van der Waals surface area contributed by atoms with E-state index < -0.39 is 42.7 Å². The molecule has 0 saturated heterocycles. The number of carbonyl (C=O) groups is 1. The van der Waals surface area contributed by atoms with Crippen molar-refractivity contribution < 1.29 is 30.3 Å². The Hall–Kier alpha value is -0.530. The van der Waals surface area contributed by atoms with Gasteiger partial charge >= 0.3 is 0 Å². The Labute approximate surface area is 94.2 Å². The van der Waals surface area contributed by atoms with Crippen LogP contribution >= 0.6 is 0 Å². The van der Waals surface area contributed by atoms with Crippen LogP contribution in [0.4, 0.5) is 0 Å². The smallest absolute Gasteiger partial charge is 0.166 e. The van der Waals surface area contributed by atoms with Gasteiger partial charge < -0.3 is 25.5 Å². The molecule has 0 spiro atoms. The van der Waals surface area contributed by atoms with Gasteiger partial charge in [0.1, 0.15) is 24.4 Å². The van der Waals surface area contributed by atoms with Crippen LogP contribution in [0, 0.1) is 5.92 Å². The van der Waals surface area contributed by atoms with Crippen LogP contribution in [0.25, 0.3) is 0 Å². The number of hydrogen-bond donors (Lipinski definition) is 5. The monoisotopic (exact) mass is 236 g/mol. The van der Waals surface area contributed by atoms with E-state index in [1.807, 2.05) is 0 Å². The second-order valence-electron chi connectivity index (χ2n) is 3.89. The van der Waals surface area contributed by atoms with Crippen molar-refractivity contribution in [3.8, 4) is 0 Å². The van der Waals surface area contributed by atoms with Gasteiger partial charge in [0, 0.05) is 5.92 Å². The third kappa shape index (κ3) is 3.80. The first kappa shape index (κ1) is 15.5. The summed E-state index contributed by atoms with van der Waals surface area (Å²) in [6, 6.07) is 0. The van der Waals surface area contributed by atoms with E-state index >= 15 is 0 Å². The fraction of sp³-hybridized carbons (Fsp3) is 0.900. The molecular formula is C10H20O6. The van der Waals surface area contributed by atoms with Gasteiger partial charge in [-0.25, -0.2) is 0 Å². The fourth-order valence-electron chi connectivity index (χ4n) is 1.18. The molecule has 0 rings (SSSR count). The quantitative estimate of drug-likeness (QED) is 0.350. The van der Waals surface area contributed by atoms with E-state index in [0.29, 0.717) is 6.42 Å². The Kier molecular flexibility index (Phi) is 6.70.